The minimum absolute atomic E-state index is 0.0423. The zero-order chi connectivity index (χ0) is 13.8. The molecule has 0 saturated heterocycles. The molecule has 2 aromatic rings. The first-order chi connectivity index (χ1) is 9.08. The molecule has 96 valence electrons. The molecule has 0 radical (unpaired) electrons. The molecule has 0 bridgehead atoms. The summed E-state index contributed by atoms with van der Waals surface area (Å²) >= 11 is 0. The first kappa shape index (κ1) is 13.0. The number of hydrogen-bond acceptors (Lipinski definition) is 2. The predicted molar refractivity (Wildman–Crippen MR) is 69.6 cm³/mol. The van der Waals surface area contributed by atoms with Crippen LogP contribution in [0.1, 0.15) is 18.2 Å². The number of nitrogens with zero attached hydrogens (tertiary/aromatic N) is 2. The first-order valence-corrected chi connectivity index (χ1v) is 5.58. The number of halogens is 2. The quantitative estimate of drug-likeness (QED) is 0.653. The number of benzene rings is 1. The molecule has 2 rings (SSSR count). The lowest BCUT2D eigenvalue weighted by molar-refractivity contribution is 0.598. The van der Waals surface area contributed by atoms with Gasteiger partial charge in [0.15, 0.2) is 5.84 Å². The van der Waals surface area contributed by atoms with Crippen LogP contribution in [-0.2, 0) is 0 Å². The van der Waals surface area contributed by atoms with E-state index < -0.39 is 11.6 Å². The number of pyridine rings is 1. The molecule has 0 fully saturated rings. The number of amidine groups is 1. The second-order valence-electron chi connectivity index (χ2n) is 3.88. The van der Waals surface area contributed by atoms with E-state index in [-0.39, 0.29) is 17.1 Å². The van der Waals surface area contributed by atoms with Crippen molar-refractivity contribution in [2.75, 3.05) is 0 Å². The van der Waals surface area contributed by atoms with E-state index in [1.54, 1.807) is 18.2 Å². The molecule has 19 heavy (non-hydrogen) atoms. The van der Waals surface area contributed by atoms with Gasteiger partial charge in [-0.2, -0.15) is 0 Å². The molecule has 0 aliphatic heterocycles. The summed E-state index contributed by atoms with van der Waals surface area (Å²) in [6.45, 7) is 1.52. The van der Waals surface area contributed by atoms with Crippen molar-refractivity contribution < 1.29 is 8.78 Å². The minimum Gasteiger partial charge on any atom is -0.281 e. The van der Waals surface area contributed by atoms with Crippen molar-refractivity contribution in [2.24, 2.45) is 4.99 Å². The molecule has 3 nitrogen and oxygen atoms in total. The summed E-state index contributed by atoms with van der Waals surface area (Å²) in [6.07, 6.45) is 1.54. The molecule has 0 aliphatic rings. The van der Waals surface area contributed by atoms with Gasteiger partial charge in [0.05, 0.1) is 5.71 Å². The standard InChI is InChI=1S/C14H11F2N3/c1-9(11-8-10(15)5-6-12(11)16)19-14(17)13-4-2-3-7-18-13/h2-8,17H,1H3/b17-14?,19-9+. The van der Waals surface area contributed by atoms with Gasteiger partial charge in [-0.1, -0.05) is 6.07 Å². The molecule has 1 aromatic heterocycles. The number of nitrogens with one attached hydrogen (secondary N) is 1. The van der Waals surface area contributed by atoms with Crippen LogP contribution in [0.3, 0.4) is 0 Å². The van der Waals surface area contributed by atoms with Gasteiger partial charge in [0.1, 0.15) is 17.3 Å². The van der Waals surface area contributed by atoms with Crippen molar-refractivity contribution in [3.63, 3.8) is 0 Å². The van der Waals surface area contributed by atoms with Crippen LogP contribution in [0.4, 0.5) is 8.78 Å². The summed E-state index contributed by atoms with van der Waals surface area (Å²) < 4.78 is 26.6. The van der Waals surface area contributed by atoms with Gasteiger partial charge >= 0.3 is 0 Å². The first-order valence-electron chi connectivity index (χ1n) is 5.58. The lowest BCUT2D eigenvalue weighted by atomic mass is 10.1. The number of aromatic nitrogens is 1. The van der Waals surface area contributed by atoms with Gasteiger partial charge in [-0.05, 0) is 37.3 Å². The molecule has 0 atom stereocenters. The molecule has 1 heterocycles. The van der Waals surface area contributed by atoms with Crippen molar-refractivity contribution in [1.29, 1.82) is 5.41 Å². The summed E-state index contributed by atoms with van der Waals surface area (Å²) in [4.78, 5) is 7.92. The van der Waals surface area contributed by atoms with Crippen LogP contribution in [0.5, 0.6) is 0 Å². The Kier molecular flexibility index (Phi) is 3.75. The summed E-state index contributed by atoms with van der Waals surface area (Å²) in [5.41, 5.74) is 0.645. The van der Waals surface area contributed by atoms with Crippen molar-refractivity contribution >= 4 is 11.5 Å². The van der Waals surface area contributed by atoms with Gasteiger partial charge < -0.3 is 0 Å². The molecule has 0 amide bonds. The summed E-state index contributed by atoms with van der Waals surface area (Å²) in [5, 5.41) is 7.77. The summed E-state index contributed by atoms with van der Waals surface area (Å²) in [7, 11) is 0. The Labute approximate surface area is 109 Å². The highest BCUT2D eigenvalue weighted by Gasteiger charge is 2.08. The van der Waals surface area contributed by atoms with E-state index in [4.69, 9.17) is 5.41 Å². The van der Waals surface area contributed by atoms with Gasteiger partial charge in [-0.15, -0.1) is 0 Å². The maximum atomic E-state index is 13.5. The van der Waals surface area contributed by atoms with Crippen LogP contribution < -0.4 is 0 Å². The number of aliphatic imine (C=N–C) groups is 1. The largest absolute Gasteiger partial charge is 0.281 e. The molecule has 5 heteroatoms. The second-order valence-corrected chi connectivity index (χ2v) is 3.88. The van der Waals surface area contributed by atoms with E-state index >= 15 is 0 Å². The molecule has 0 aliphatic carbocycles. The Bertz CT molecular complexity index is 636. The summed E-state index contributed by atoms with van der Waals surface area (Å²) in [5.74, 6) is -1.21. The van der Waals surface area contributed by atoms with Crippen LogP contribution in [0, 0.1) is 17.0 Å². The van der Waals surface area contributed by atoms with Crippen molar-refractivity contribution in [3.8, 4) is 0 Å². The van der Waals surface area contributed by atoms with Gasteiger partial charge in [0.25, 0.3) is 0 Å². The van der Waals surface area contributed by atoms with Crippen molar-refractivity contribution in [3.05, 3.63) is 65.5 Å². The van der Waals surface area contributed by atoms with Crippen molar-refractivity contribution in [2.45, 2.75) is 6.92 Å². The monoisotopic (exact) mass is 259 g/mol. The summed E-state index contributed by atoms with van der Waals surface area (Å²) in [6, 6.07) is 8.20. The lowest BCUT2D eigenvalue weighted by Crippen LogP contribution is -2.06. The van der Waals surface area contributed by atoms with Crippen LogP contribution in [-0.4, -0.2) is 16.5 Å². The highest BCUT2D eigenvalue weighted by Crippen LogP contribution is 2.11. The van der Waals surface area contributed by atoms with E-state index in [9.17, 15) is 8.78 Å². The smallest absolute Gasteiger partial charge is 0.170 e. The van der Waals surface area contributed by atoms with Gasteiger partial charge in [-0.3, -0.25) is 10.4 Å². The van der Waals surface area contributed by atoms with Crippen LogP contribution in [0.15, 0.2) is 47.6 Å². The van der Waals surface area contributed by atoms with Crippen molar-refractivity contribution in [1.82, 2.24) is 4.98 Å². The van der Waals surface area contributed by atoms with Gasteiger partial charge in [-0.25, -0.2) is 13.8 Å². The highest BCUT2D eigenvalue weighted by molar-refractivity contribution is 6.09. The third kappa shape index (κ3) is 3.07. The Morgan fingerprint density at radius 3 is 2.68 bits per heavy atom. The third-order valence-electron chi connectivity index (χ3n) is 2.51. The zero-order valence-corrected chi connectivity index (χ0v) is 10.2. The molecule has 1 aromatic carbocycles. The lowest BCUT2D eigenvalue weighted by Gasteiger charge is -2.04. The average molecular weight is 259 g/mol. The Morgan fingerprint density at radius 1 is 1.21 bits per heavy atom. The number of rotatable bonds is 2. The highest BCUT2D eigenvalue weighted by atomic mass is 19.1. The minimum atomic E-state index is -0.573. The Morgan fingerprint density at radius 2 is 2.00 bits per heavy atom. The van der Waals surface area contributed by atoms with E-state index in [1.165, 1.54) is 13.1 Å². The zero-order valence-electron chi connectivity index (χ0n) is 10.2. The van der Waals surface area contributed by atoms with Gasteiger partial charge in [0, 0.05) is 11.8 Å². The molecule has 1 N–H and O–H groups in total. The maximum Gasteiger partial charge on any atom is 0.170 e. The van der Waals surface area contributed by atoms with Crippen LogP contribution >= 0.6 is 0 Å². The van der Waals surface area contributed by atoms with Crippen LogP contribution in [0.25, 0.3) is 0 Å². The SMILES string of the molecule is C/C(=N\C(=N)c1ccccn1)c1cc(F)ccc1F. The molecule has 0 spiro atoms. The average Bonchev–Trinajstić information content (AvgIpc) is 2.42. The third-order valence-corrected chi connectivity index (χ3v) is 2.51. The van der Waals surface area contributed by atoms with Crippen LogP contribution in [0.2, 0.25) is 0 Å². The molecular formula is C14H11F2N3. The predicted octanol–water partition coefficient (Wildman–Crippen LogP) is 3.19. The van der Waals surface area contributed by atoms with Gasteiger partial charge in [0.2, 0.25) is 0 Å². The van der Waals surface area contributed by atoms with E-state index in [0.717, 1.165) is 18.2 Å². The fourth-order valence-corrected chi connectivity index (χ4v) is 1.56. The fraction of sp³-hybridized carbons (Fsp3) is 0.0714. The van der Waals surface area contributed by atoms with E-state index in [0.29, 0.717) is 5.69 Å². The molecule has 0 saturated carbocycles. The topological polar surface area (TPSA) is 49.1 Å². The molecule has 0 unspecified atom stereocenters. The Hall–Kier alpha value is -2.43. The maximum absolute atomic E-state index is 13.5. The van der Waals surface area contributed by atoms with E-state index in [2.05, 4.69) is 9.98 Å². The number of hydrogen-bond donors (Lipinski definition) is 1. The molecular weight excluding hydrogens is 248 g/mol. The van der Waals surface area contributed by atoms with E-state index in [1.807, 2.05) is 0 Å². The second kappa shape index (κ2) is 5.48. The normalized spacial score (nSPS) is 11.4. The Balaban J connectivity index is 2.33. The fourth-order valence-electron chi connectivity index (χ4n) is 1.56.